The van der Waals surface area contributed by atoms with Gasteiger partial charge in [-0.3, -0.25) is 0 Å². The molecule has 2 aromatic carbocycles. The van der Waals surface area contributed by atoms with Crippen LogP contribution in [0, 0.1) is 0 Å². The number of benzene rings is 2. The van der Waals surface area contributed by atoms with Gasteiger partial charge in [0.2, 0.25) is 0 Å². The Kier molecular flexibility index (Phi) is 3.81. The molecule has 0 amide bonds. The molecule has 4 nitrogen and oxygen atoms in total. The summed E-state index contributed by atoms with van der Waals surface area (Å²) in [5.41, 5.74) is 4.05. The summed E-state index contributed by atoms with van der Waals surface area (Å²) < 4.78 is 6.40. The van der Waals surface area contributed by atoms with Crippen LogP contribution in [-0.4, -0.2) is 12.2 Å². The molecule has 0 unspecified atom stereocenters. The van der Waals surface area contributed by atoms with E-state index in [-0.39, 0.29) is 11.3 Å². The van der Waals surface area contributed by atoms with E-state index in [0.717, 1.165) is 27.4 Å². The highest BCUT2D eigenvalue weighted by Gasteiger charge is 2.33. The minimum Gasteiger partial charge on any atom is -0.508 e. The average Bonchev–Trinajstić information content (AvgIpc) is 3.02. The molecule has 1 aliphatic heterocycles. The van der Waals surface area contributed by atoms with Crippen LogP contribution in [0.2, 0.25) is 0 Å². The zero-order valence-corrected chi connectivity index (χ0v) is 15.8. The number of ether oxygens (including phenoxy) is 1. The van der Waals surface area contributed by atoms with Crippen molar-refractivity contribution in [1.29, 1.82) is 0 Å². The van der Waals surface area contributed by atoms with Crippen molar-refractivity contribution in [3.63, 3.8) is 0 Å². The quantitative estimate of drug-likeness (QED) is 0.618. The van der Waals surface area contributed by atoms with E-state index in [0.29, 0.717) is 0 Å². The molecule has 6 heteroatoms. The zero-order valence-electron chi connectivity index (χ0n) is 14.2. The summed E-state index contributed by atoms with van der Waals surface area (Å²) in [5, 5.41) is 13.1. The number of methoxy groups -OCH3 is 1. The molecule has 0 bridgehead atoms. The molecule has 0 saturated heterocycles. The van der Waals surface area contributed by atoms with E-state index in [2.05, 4.69) is 31.3 Å². The van der Waals surface area contributed by atoms with Crippen molar-refractivity contribution in [2.75, 3.05) is 12.4 Å². The second-order valence-electron chi connectivity index (χ2n) is 6.47. The number of hydrogen-bond donors (Lipinski definition) is 2. The molecule has 0 atom stereocenters. The largest absolute Gasteiger partial charge is 0.508 e. The van der Waals surface area contributed by atoms with Gasteiger partial charge in [0.25, 0.3) is 0 Å². The summed E-state index contributed by atoms with van der Waals surface area (Å²) in [4.78, 5) is 6.10. The number of anilines is 1. The van der Waals surface area contributed by atoms with E-state index >= 15 is 0 Å². The molecule has 3 aromatic rings. The van der Waals surface area contributed by atoms with Gasteiger partial charge in [0.05, 0.1) is 23.2 Å². The summed E-state index contributed by atoms with van der Waals surface area (Å²) >= 11 is 0. The van der Waals surface area contributed by atoms with Crippen molar-refractivity contribution in [1.82, 2.24) is 0 Å². The predicted octanol–water partition coefficient (Wildman–Crippen LogP) is 5.08. The SMILES string of the molecule is COc1ccc2c(c1)-c1c(ssc1=Nc1ccc(O)cc1)C(C)(C)N2. The molecule has 25 heavy (non-hydrogen) atoms. The molecule has 128 valence electrons. The van der Waals surface area contributed by atoms with Gasteiger partial charge in [0.15, 0.2) is 0 Å². The first kappa shape index (κ1) is 16.2. The van der Waals surface area contributed by atoms with E-state index in [1.54, 1.807) is 39.9 Å². The molecule has 0 aliphatic carbocycles. The number of phenols is 1. The molecular formula is C19H18N2O2S2. The Bertz CT molecular complexity index is 1000. The van der Waals surface area contributed by atoms with Gasteiger partial charge in [0.1, 0.15) is 16.2 Å². The lowest BCUT2D eigenvalue weighted by Crippen LogP contribution is -2.31. The summed E-state index contributed by atoms with van der Waals surface area (Å²) in [6, 6.07) is 13.1. The van der Waals surface area contributed by atoms with Crippen LogP contribution in [0.1, 0.15) is 18.7 Å². The summed E-state index contributed by atoms with van der Waals surface area (Å²) in [6.45, 7) is 4.37. The number of aromatic hydroxyl groups is 1. The highest BCUT2D eigenvalue weighted by molar-refractivity contribution is 7.68. The minimum absolute atomic E-state index is 0.152. The average molecular weight is 370 g/mol. The molecule has 0 fully saturated rings. The maximum atomic E-state index is 9.47. The summed E-state index contributed by atoms with van der Waals surface area (Å²) in [7, 11) is 5.11. The van der Waals surface area contributed by atoms with Crippen LogP contribution in [0.25, 0.3) is 11.1 Å². The van der Waals surface area contributed by atoms with E-state index in [4.69, 9.17) is 9.73 Å². The van der Waals surface area contributed by atoms with Gasteiger partial charge in [0, 0.05) is 16.8 Å². The number of rotatable bonds is 2. The Morgan fingerprint density at radius 1 is 1.08 bits per heavy atom. The van der Waals surface area contributed by atoms with E-state index in [9.17, 15) is 5.11 Å². The molecule has 0 spiro atoms. The van der Waals surface area contributed by atoms with Crippen molar-refractivity contribution in [3.8, 4) is 22.6 Å². The van der Waals surface area contributed by atoms with Crippen LogP contribution in [-0.2, 0) is 5.54 Å². The fourth-order valence-corrected chi connectivity index (χ4v) is 5.93. The Hall–Kier alpha value is -2.31. The van der Waals surface area contributed by atoms with Crippen molar-refractivity contribution in [2.24, 2.45) is 4.99 Å². The molecule has 0 radical (unpaired) electrons. The molecule has 1 aromatic heterocycles. The zero-order chi connectivity index (χ0) is 17.6. The van der Waals surface area contributed by atoms with Crippen LogP contribution in [0.15, 0.2) is 47.5 Å². The smallest absolute Gasteiger partial charge is 0.135 e. The molecule has 4 rings (SSSR count). The summed E-state index contributed by atoms with van der Waals surface area (Å²) in [6.07, 6.45) is 0. The number of hydrogen-bond acceptors (Lipinski definition) is 6. The van der Waals surface area contributed by atoms with E-state index in [1.165, 1.54) is 10.4 Å². The first-order chi connectivity index (χ1) is 12.0. The van der Waals surface area contributed by atoms with Crippen molar-refractivity contribution >= 4 is 32.1 Å². The van der Waals surface area contributed by atoms with E-state index < -0.39 is 0 Å². The molecular weight excluding hydrogens is 352 g/mol. The fraction of sp³-hybridized carbons (Fsp3) is 0.211. The third-order valence-corrected chi connectivity index (χ3v) is 6.88. The third kappa shape index (κ3) is 2.81. The van der Waals surface area contributed by atoms with Gasteiger partial charge in [-0.15, -0.1) is 0 Å². The van der Waals surface area contributed by atoms with E-state index in [1.807, 2.05) is 18.2 Å². The number of phenolic OH excluding ortho intramolecular Hbond substituents is 1. The van der Waals surface area contributed by atoms with Crippen LogP contribution in [0.3, 0.4) is 0 Å². The normalized spacial score (nSPS) is 15.2. The van der Waals surface area contributed by atoms with Crippen LogP contribution in [0.4, 0.5) is 11.4 Å². The Balaban J connectivity index is 1.96. The first-order valence-electron chi connectivity index (χ1n) is 7.92. The third-order valence-electron chi connectivity index (χ3n) is 4.24. The lowest BCUT2D eigenvalue weighted by atomic mass is 9.90. The van der Waals surface area contributed by atoms with Crippen LogP contribution >= 0.6 is 20.7 Å². The van der Waals surface area contributed by atoms with Gasteiger partial charge < -0.3 is 15.2 Å². The monoisotopic (exact) mass is 370 g/mol. The Morgan fingerprint density at radius 2 is 1.84 bits per heavy atom. The van der Waals surface area contributed by atoms with Gasteiger partial charge in [-0.1, -0.05) is 20.7 Å². The van der Waals surface area contributed by atoms with Gasteiger partial charge in [-0.25, -0.2) is 4.99 Å². The van der Waals surface area contributed by atoms with Crippen LogP contribution < -0.4 is 14.7 Å². The number of fused-ring (bicyclic) bond motifs is 3. The van der Waals surface area contributed by atoms with Crippen LogP contribution in [0.5, 0.6) is 11.5 Å². The lowest BCUT2D eigenvalue weighted by molar-refractivity contribution is 0.415. The predicted molar refractivity (Wildman–Crippen MR) is 104 cm³/mol. The van der Waals surface area contributed by atoms with Gasteiger partial charge in [-0.2, -0.15) is 0 Å². The summed E-state index contributed by atoms with van der Waals surface area (Å²) in [5.74, 6) is 1.08. The second-order valence-corrected chi connectivity index (χ2v) is 8.59. The Labute approximate surface area is 153 Å². The second kappa shape index (κ2) is 5.89. The standard InChI is InChI=1S/C19H18N2O2S2/c1-19(2)17-16(14-10-13(23-3)8-9-15(14)21-19)18(25-24-17)20-11-4-6-12(22)7-5-11/h4-10,21-22H,1-3H3. The molecule has 1 aliphatic rings. The highest BCUT2D eigenvalue weighted by atomic mass is 32.9. The molecule has 0 saturated carbocycles. The number of nitrogens with one attached hydrogen (secondary N) is 1. The lowest BCUT2D eigenvalue weighted by Gasteiger charge is -2.33. The fourth-order valence-electron chi connectivity index (χ4n) is 2.99. The Morgan fingerprint density at radius 3 is 2.56 bits per heavy atom. The molecule has 2 N–H and O–H groups in total. The van der Waals surface area contributed by atoms with Crippen molar-refractivity contribution in [2.45, 2.75) is 19.4 Å². The molecule has 2 heterocycles. The number of nitrogens with zero attached hydrogens (tertiary/aromatic N) is 1. The highest BCUT2D eigenvalue weighted by Crippen LogP contribution is 2.46. The maximum Gasteiger partial charge on any atom is 0.135 e. The maximum absolute atomic E-state index is 9.47. The first-order valence-corrected chi connectivity index (χ1v) is 10.1. The van der Waals surface area contributed by atoms with Crippen molar-refractivity contribution < 1.29 is 9.84 Å². The topological polar surface area (TPSA) is 53.9 Å². The van der Waals surface area contributed by atoms with Crippen molar-refractivity contribution in [3.05, 3.63) is 52.0 Å². The van der Waals surface area contributed by atoms with Gasteiger partial charge in [-0.05, 0) is 56.3 Å². The van der Waals surface area contributed by atoms with Gasteiger partial charge >= 0.3 is 0 Å². The minimum atomic E-state index is -0.152.